The van der Waals surface area contributed by atoms with Crippen LogP contribution in [0.15, 0.2) is 103 Å². The summed E-state index contributed by atoms with van der Waals surface area (Å²) >= 11 is 0. The number of rotatable bonds is 5. The number of amides is 1. The fraction of sp³-hybridized carbons (Fsp3) is 0.147. The molecule has 0 aliphatic carbocycles. The zero-order chi connectivity index (χ0) is 29.2. The van der Waals surface area contributed by atoms with E-state index in [2.05, 4.69) is 5.32 Å². The van der Waals surface area contributed by atoms with Gasteiger partial charge in [-0.2, -0.15) is 0 Å². The Kier molecular flexibility index (Phi) is 5.69. The van der Waals surface area contributed by atoms with E-state index in [9.17, 15) is 24.5 Å². The smallest absolute Gasteiger partial charge is 0.270 e. The molecular weight excluding hydrogens is 530 g/mol. The molecule has 7 rings (SSSR count). The molecule has 3 aliphatic rings. The number of nitro groups is 1. The number of anilines is 1. The number of carbonyl (C=O) groups excluding carboxylic acids is 3. The molecule has 1 spiro atoms. The second-order valence-corrected chi connectivity index (χ2v) is 11.0. The van der Waals surface area contributed by atoms with Crippen molar-refractivity contribution in [2.24, 2.45) is 5.92 Å². The van der Waals surface area contributed by atoms with Crippen LogP contribution in [-0.2, 0) is 10.2 Å². The number of nitrogens with one attached hydrogen (secondary N) is 1. The monoisotopic (exact) mass is 555 g/mol. The van der Waals surface area contributed by atoms with Crippen molar-refractivity contribution in [2.75, 3.05) is 5.32 Å². The van der Waals surface area contributed by atoms with Crippen LogP contribution in [0, 0.1) is 23.0 Å². The van der Waals surface area contributed by atoms with Crippen LogP contribution in [0.1, 0.15) is 49.0 Å². The van der Waals surface area contributed by atoms with Crippen molar-refractivity contribution in [2.45, 2.75) is 24.4 Å². The summed E-state index contributed by atoms with van der Waals surface area (Å²) in [5, 5.41) is 14.6. The van der Waals surface area contributed by atoms with E-state index in [-0.39, 0.29) is 22.9 Å². The second-order valence-electron chi connectivity index (χ2n) is 11.0. The number of carbonyl (C=O) groups is 3. The SMILES string of the molecule is Cc1ccc(C(=O)[C@@H]2[C@@H](C(=O)c3cccc([N+](=O)[O-])c3)N3C=Cc4ccccc4[C@@H]3[C@]23C(=O)Nc2ccccc23)cc1. The first kappa shape index (κ1) is 25.6. The summed E-state index contributed by atoms with van der Waals surface area (Å²) in [6.07, 6.45) is 3.66. The second kappa shape index (κ2) is 9.34. The highest BCUT2D eigenvalue weighted by Gasteiger charge is 2.70. The number of benzene rings is 4. The number of hydrogen-bond acceptors (Lipinski definition) is 6. The van der Waals surface area contributed by atoms with Crippen LogP contribution < -0.4 is 5.32 Å². The standard InChI is InChI=1S/C34H25N3O5/c1-20-13-15-22(16-14-20)30(38)28-29(31(39)23-8-6-9-24(19-23)37(41)42)36-18-17-21-7-2-3-10-25(21)32(36)34(28)26-11-4-5-12-27(26)35-33(34)40/h2-19,28-29,32H,1H3,(H,35,40)/t28-,29-,32+,34+/m0/s1. The number of hydrogen-bond donors (Lipinski definition) is 1. The van der Waals surface area contributed by atoms with Crippen LogP contribution in [0.25, 0.3) is 6.08 Å². The number of nitrogens with zero attached hydrogens (tertiary/aromatic N) is 2. The lowest BCUT2D eigenvalue weighted by molar-refractivity contribution is -0.384. The van der Waals surface area contributed by atoms with Gasteiger partial charge in [-0.05, 0) is 35.8 Å². The first-order chi connectivity index (χ1) is 20.3. The van der Waals surface area contributed by atoms with Crippen molar-refractivity contribution in [3.05, 3.63) is 147 Å². The summed E-state index contributed by atoms with van der Waals surface area (Å²) in [6.45, 7) is 1.92. The van der Waals surface area contributed by atoms with E-state index < -0.39 is 34.1 Å². The third-order valence-electron chi connectivity index (χ3n) is 8.80. The molecule has 8 nitrogen and oxygen atoms in total. The summed E-state index contributed by atoms with van der Waals surface area (Å²) < 4.78 is 0. The number of aryl methyl sites for hydroxylation is 1. The average Bonchev–Trinajstić information content (AvgIpc) is 3.49. The predicted molar refractivity (Wildman–Crippen MR) is 157 cm³/mol. The van der Waals surface area contributed by atoms with Crippen LogP contribution in [-0.4, -0.2) is 33.3 Å². The molecule has 3 aliphatic heterocycles. The third kappa shape index (κ3) is 3.51. The van der Waals surface area contributed by atoms with Gasteiger partial charge in [-0.25, -0.2) is 0 Å². The van der Waals surface area contributed by atoms with Crippen molar-refractivity contribution in [3.63, 3.8) is 0 Å². The molecule has 3 heterocycles. The summed E-state index contributed by atoms with van der Waals surface area (Å²) in [4.78, 5) is 56.6. The highest BCUT2D eigenvalue weighted by Crippen LogP contribution is 2.62. The van der Waals surface area contributed by atoms with Gasteiger partial charge in [0.2, 0.25) is 5.91 Å². The minimum atomic E-state index is -1.46. The van der Waals surface area contributed by atoms with Crippen LogP contribution in [0.4, 0.5) is 11.4 Å². The van der Waals surface area contributed by atoms with Gasteiger partial charge in [-0.15, -0.1) is 0 Å². The molecule has 42 heavy (non-hydrogen) atoms. The molecule has 206 valence electrons. The van der Waals surface area contributed by atoms with Gasteiger partial charge in [0.1, 0.15) is 11.5 Å². The Morgan fingerprint density at radius 1 is 0.881 bits per heavy atom. The van der Waals surface area contributed by atoms with Crippen molar-refractivity contribution < 1.29 is 19.3 Å². The first-order valence-corrected chi connectivity index (χ1v) is 13.7. The normalized spacial score (nSPS) is 23.2. The third-order valence-corrected chi connectivity index (χ3v) is 8.80. The van der Waals surface area contributed by atoms with Gasteiger partial charge in [0, 0.05) is 35.1 Å². The molecule has 4 aromatic rings. The highest BCUT2D eigenvalue weighted by molar-refractivity contribution is 6.16. The molecule has 1 amide bonds. The van der Waals surface area contributed by atoms with E-state index in [1.807, 2.05) is 72.5 Å². The zero-order valence-corrected chi connectivity index (χ0v) is 22.6. The number of non-ortho nitro benzene ring substituents is 1. The fourth-order valence-corrected chi connectivity index (χ4v) is 7.01. The fourth-order valence-electron chi connectivity index (χ4n) is 7.01. The molecule has 0 unspecified atom stereocenters. The van der Waals surface area contributed by atoms with E-state index in [1.165, 1.54) is 24.3 Å². The van der Waals surface area contributed by atoms with Crippen molar-refractivity contribution >= 4 is 34.9 Å². The van der Waals surface area contributed by atoms with Gasteiger partial charge in [-0.1, -0.05) is 84.4 Å². The van der Waals surface area contributed by atoms with Gasteiger partial charge in [-0.3, -0.25) is 24.5 Å². The summed E-state index contributed by atoms with van der Waals surface area (Å²) in [5.41, 5.74) is 2.73. The Hall–Kier alpha value is -5.37. The highest BCUT2D eigenvalue weighted by atomic mass is 16.6. The van der Waals surface area contributed by atoms with E-state index in [1.54, 1.807) is 24.4 Å². The van der Waals surface area contributed by atoms with E-state index in [0.717, 1.165) is 16.7 Å². The zero-order valence-electron chi connectivity index (χ0n) is 22.6. The molecular formula is C34H25N3O5. The molecule has 1 N–H and O–H groups in total. The lowest BCUT2D eigenvalue weighted by atomic mass is 9.62. The number of fused-ring (bicyclic) bond motifs is 6. The Labute approximate surface area is 241 Å². The summed E-state index contributed by atoms with van der Waals surface area (Å²) in [5.74, 6) is -2.31. The first-order valence-electron chi connectivity index (χ1n) is 13.7. The van der Waals surface area contributed by atoms with Crippen molar-refractivity contribution in [1.29, 1.82) is 0 Å². The predicted octanol–water partition coefficient (Wildman–Crippen LogP) is 5.88. The summed E-state index contributed by atoms with van der Waals surface area (Å²) in [6, 6.07) is 25.8. The Balaban J connectivity index is 1.53. The van der Waals surface area contributed by atoms with E-state index >= 15 is 0 Å². The van der Waals surface area contributed by atoms with E-state index in [0.29, 0.717) is 16.8 Å². The molecule has 1 fully saturated rings. The number of Topliss-reactive ketones (excluding diaryl/α,β-unsaturated/α-hetero) is 2. The van der Waals surface area contributed by atoms with Crippen LogP contribution in [0.5, 0.6) is 0 Å². The Morgan fingerprint density at radius 2 is 1.62 bits per heavy atom. The molecule has 0 saturated carbocycles. The Bertz CT molecular complexity index is 1850. The van der Waals surface area contributed by atoms with Gasteiger partial charge >= 0.3 is 0 Å². The van der Waals surface area contributed by atoms with Crippen molar-refractivity contribution in [1.82, 2.24) is 4.90 Å². The largest absolute Gasteiger partial charge is 0.358 e. The van der Waals surface area contributed by atoms with E-state index in [4.69, 9.17) is 0 Å². The van der Waals surface area contributed by atoms with Gasteiger partial charge < -0.3 is 10.2 Å². The molecule has 0 aromatic heterocycles. The summed E-state index contributed by atoms with van der Waals surface area (Å²) in [7, 11) is 0. The quantitative estimate of drug-likeness (QED) is 0.187. The maximum absolute atomic E-state index is 14.8. The molecule has 4 aromatic carbocycles. The number of ketones is 2. The Morgan fingerprint density at radius 3 is 2.40 bits per heavy atom. The van der Waals surface area contributed by atoms with Gasteiger partial charge in [0.05, 0.1) is 16.9 Å². The molecule has 8 heteroatoms. The molecule has 1 saturated heterocycles. The van der Waals surface area contributed by atoms with Crippen molar-refractivity contribution in [3.8, 4) is 0 Å². The topological polar surface area (TPSA) is 110 Å². The molecule has 0 bridgehead atoms. The maximum Gasteiger partial charge on any atom is 0.270 e. The van der Waals surface area contributed by atoms with Crippen LogP contribution >= 0.6 is 0 Å². The number of para-hydroxylation sites is 1. The molecule has 0 radical (unpaired) electrons. The molecule has 4 atom stereocenters. The average molecular weight is 556 g/mol. The van der Waals surface area contributed by atoms with Gasteiger partial charge in [0.25, 0.3) is 5.69 Å². The van der Waals surface area contributed by atoms with Crippen LogP contribution in [0.3, 0.4) is 0 Å². The van der Waals surface area contributed by atoms with Crippen LogP contribution in [0.2, 0.25) is 0 Å². The minimum Gasteiger partial charge on any atom is -0.358 e. The lowest BCUT2D eigenvalue weighted by Gasteiger charge is -2.38. The number of nitro benzene ring substituents is 1. The van der Waals surface area contributed by atoms with Gasteiger partial charge in [0.15, 0.2) is 11.6 Å². The minimum absolute atomic E-state index is 0.102. The lowest BCUT2D eigenvalue weighted by Crippen LogP contribution is -2.49. The maximum atomic E-state index is 14.8.